The number of alkyl halides is 1. The van der Waals surface area contributed by atoms with Gasteiger partial charge in [0.1, 0.15) is 0 Å². The molecule has 0 heterocycles. The summed E-state index contributed by atoms with van der Waals surface area (Å²) < 4.78 is 0. The molecule has 0 saturated carbocycles. The van der Waals surface area contributed by atoms with E-state index in [0.717, 1.165) is 19.3 Å². The monoisotopic (exact) mass is 212 g/mol. The molecule has 1 aromatic rings. The van der Waals surface area contributed by atoms with Crippen molar-refractivity contribution in [2.45, 2.75) is 19.3 Å². The summed E-state index contributed by atoms with van der Waals surface area (Å²) in [7, 11) is 0. The lowest BCUT2D eigenvalue weighted by atomic mass is 10.1. The van der Waals surface area contributed by atoms with Crippen molar-refractivity contribution < 1.29 is 9.90 Å². The Bertz CT molecular complexity index is 293. The van der Waals surface area contributed by atoms with Crippen molar-refractivity contribution in [3.63, 3.8) is 0 Å². The Hall–Kier alpha value is -1.02. The molecule has 0 aliphatic rings. The van der Waals surface area contributed by atoms with E-state index >= 15 is 0 Å². The highest BCUT2D eigenvalue weighted by atomic mass is 35.5. The standard InChI is InChI=1S/C11H13ClO2/c12-8-2-1-3-9-4-6-10(7-5-9)11(13)14/h4-7H,1-3,8H2,(H,13,14). The first-order chi connectivity index (χ1) is 6.74. The molecule has 0 radical (unpaired) electrons. The van der Waals surface area contributed by atoms with E-state index in [4.69, 9.17) is 16.7 Å². The van der Waals surface area contributed by atoms with Crippen LogP contribution in [-0.4, -0.2) is 17.0 Å². The van der Waals surface area contributed by atoms with Crippen molar-refractivity contribution >= 4 is 17.6 Å². The molecule has 0 spiro atoms. The molecular weight excluding hydrogens is 200 g/mol. The number of carboxylic acid groups (broad SMARTS) is 1. The zero-order valence-corrected chi connectivity index (χ0v) is 8.63. The molecule has 0 aliphatic heterocycles. The Morgan fingerprint density at radius 2 is 1.86 bits per heavy atom. The maximum Gasteiger partial charge on any atom is 0.335 e. The quantitative estimate of drug-likeness (QED) is 0.602. The molecule has 0 atom stereocenters. The fourth-order valence-electron chi connectivity index (χ4n) is 1.24. The van der Waals surface area contributed by atoms with Gasteiger partial charge in [0, 0.05) is 5.88 Å². The van der Waals surface area contributed by atoms with E-state index in [9.17, 15) is 4.79 Å². The number of benzene rings is 1. The topological polar surface area (TPSA) is 37.3 Å². The van der Waals surface area contributed by atoms with Crippen LogP contribution in [0, 0.1) is 0 Å². The summed E-state index contributed by atoms with van der Waals surface area (Å²) in [5.41, 5.74) is 1.51. The molecule has 2 nitrogen and oxygen atoms in total. The first kappa shape index (κ1) is 11.1. The largest absolute Gasteiger partial charge is 0.478 e. The fraction of sp³-hybridized carbons (Fsp3) is 0.364. The van der Waals surface area contributed by atoms with Crippen LogP contribution in [0.3, 0.4) is 0 Å². The minimum absolute atomic E-state index is 0.339. The molecule has 0 amide bonds. The maximum absolute atomic E-state index is 10.6. The number of carbonyl (C=O) groups is 1. The number of halogens is 1. The summed E-state index contributed by atoms with van der Waals surface area (Å²) in [5.74, 6) is -0.190. The van der Waals surface area contributed by atoms with Gasteiger partial charge in [-0.2, -0.15) is 0 Å². The van der Waals surface area contributed by atoms with Gasteiger partial charge in [-0.3, -0.25) is 0 Å². The predicted molar refractivity (Wildman–Crippen MR) is 57.1 cm³/mol. The maximum atomic E-state index is 10.6. The van der Waals surface area contributed by atoms with E-state index in [-0.39, 0.29) is 0 Å². The van der Waals surface area contributed by atoms with Gasteiger partial charge < -0.3 is 5.11 Å². The summed E-state index contributed by atoms with van der Waals surface area (Å²) in [5, 5.41) is 8.67. The lowest BCUT2D eigenvalue weighted by molar-refractivity contribution is 0.0697. The van der Waals surface area contributed by atoms with Gasteiger partial charge in [-0.05, 0) is 37.0 Å². The van der Waals surface area contributed by atoms with Crippen LogP contribution in [0.25, 0.3) is 0 Å². The number of rotatable bonds is 5. The van der Waals surface area contributed by atoms with Crippen LogP contribution in [0.15, 0.2) is 24.3 Å². The SMILES string of the molecule is O=C(O)c1ccc(CCCCCl)cc1. The van der Waals surface area contributed by atoms with Gasteiger partial charge in [0.2, 0.25) is 0 Å². The van der Waals surface area contributed by atoms with Gasteiger partial charge in [-0.25, -0.2) is 4.79 Å². The molecule has 1 aromatic carbocycles. The molecule has 0 saturated heterocycles. The van der Waals surface area contributed by atoms with E-state index in [1.165, 1.54) is 5.56 Å². The highest BCUT2D eigenvalue weighted by Crippen LogP contribution is 2.08. The van der Waals surface area contributed by atoms with Gasteiger partial charge in [0.15, 0.2) is 0 Å². The van der Waals surface area contributed by atoms with Gasteiger partial charge in [0.05, 0.1) is 5.56 Å². The second kappa shape index (κ2) is 5.66. The minimum Gasteiger partial charge on any atom is -0.478 e. The normalized spacial score (nSPS) is 10.1. The van der Waals surface area contributed by atoms with Crippen LogP contribution in [0.2, 0.25) is 0 Å². The van der Waals surface area contributed by atoms with E-state index in [1.54, 1.807) is 12.1 Å². The smallest absolute Gasteiger partial charge is 0.335 e. The Morgan fingerprint density at radius 1 is 1.21 bits per heavy atom. The summed E-state index contributed by atoms with van der Waals surface area (Å²) in [6.45, 7) is 0. The molecule has 3 heteroatoms. The Kier molecular flexibility index (Phi) is 4.47. The Morgan fingerprint density at radius 3 is 2.36 bits per heavy atom. The number of aromatic carboxylic acids is 1. The Balaban J connectivity index is 2.51. The second-order valence-corrected chi connectivity index (χ2v) is 3.53. The number of carboxylic acids is 1. The van der Waals surface area contributed by atoms with E-state index in [0.29, 0.717) is 11.4 Å². The molecule has 76 valence electrons. The van der Waals surface area contributed by atoms with E-state index in [2.05, 4.69) is 0 Å². The van der Waals surface area contributed by atoms with E-state index < -0.39 is 5.97 Å². The number of aryl methyl sites for hydroxylation is 1. The van der Waals surface area contributed by atoms with Gasteiger partial charge in [-0.15, -0.1) is 11.6 Å². The highest BCUT2D eigenvalue weighted by molar-refractivity contribution is 6.17. The van der Waals surface area contributed by atoms with Crippen LogP contribution in [0.1, 0.15) is 28.8 Å². The van der Waals surface area contributed by atoms with Crippen molar-refractivity contribution in [1.82, 2.24) is 0 Å². The van der Waals surface area contributed by atoms with Crippen molar-refractivity contribution in [3.05, 3.63) is 35.4 Å². The average molecular weight is 213 g/mol. The van der Waals surface area contributed by atoms with Crippen molar-refractivity contribution in [3.8, 4) is 0 Å². The molecular formula is C11H13ClO2. The number of hydrogen-bond donors (Lipinski definition) is 1. The highest BCUT2D eigenvalue weighted by Gasteiger charge is 2.01. The molecule has 1 N–H and O–H groups in total. The second-order valence-electron chi connectivity index (χ2n) is 3.15. The predicted octanol–water partition coefficient (Wildman–Crippen LogP) is 2.95. The molecule has 0 bridgehead atoms. The summed E-state index contributed by atoms with van der Waals surface area (Å²) in [6, 6.07) is 6.99. The zero-order chi connectivity index (χ0) is 10.4. The minimum atomic E-state index is -0.877. The van der Waals surface area contributed by atoms with Crippen molar-refractivity contribution in [2.24, 2.45) is 0 Å². The van der Waals surface area contributed by atoms with E-state index in [1.807, 2.05) is 12.1 Å². The number of hydrogen-bond acceptors (Lipinski definition) is 1. The number of unbranched alkanes of at least 4 members (excludes halogenated alkanes) is 1. The van der Waals surface area contributed by atoms with Crippen LogP contribution in [0.4, 0.5) is 0 Å². The molecule has 0 unspecified atom stereocenters. The van der Waals surface area contributed by atoms with Crippen LogP contribution >= 0.6 is 11.6 Å². The van der Waals surface area contributed by atoms with Crippen LogP contribution < -0.4 is 0 Å². The molecule has 14 heavy (non-hydrogen) atoms. The summed E-state index contributed by atoms with van der Waals surface area (Å²) >= 11 is 5.56. The zero-order valence-electron chi connectivity index (χ0n) is 7.87. The van der Waals surface area contributed by atoms with Crippen LogP contribution in [-0.2, 0) is 6.42 Å². The van der Waals surface area contributed by atoms with Crippen molar-refractivity contribution in [1.29, 1.82) is 0 Å². The summed E-state index contributed by atoms with van der Waals surface area (Å²) in [4.78, 5) is 10.6. The summed E-state index contributed by atoms with van der Waals surface area (Å²) in [6.07, 6.45) is 3.02. The third kappa shape index (κ3) is 3.38. The fourth-order valence-corrected chi connectivity index (χ4v) is 1.43. The third-order valence-corrected chi connectivity index (χ3v) is 2.32. The van der Waals surface area contributed by atoms with Gasteiger partial charge >= 0.3 is 5.97 Å². The first-order valence-corrected chi connectivity index (χ1v) is 5.15. The molecule has 0 aliphatic carbocycles. The Labute approximate surface area is 88.5 Å². The lowest BCUT2D eigenvalue weighted by Crippen LogP contribution is -1.96. The van der Waals surface area contributed by atoms with Gasteiger partial charge in [0.25, 0.3) is 0 Å². The molecule has 1 rings (SSSR count). The third-order valence-electron chi connectivity index (χ3n) is 2.05. The lowest BCUT2D eigenvalue weighted by Gasteiger charge is -2.00. The van der Waals surface area contributed by atoms with Crippen LogP contribution in [0.5, 0.6) is 0 Å². The first-order valence-electron chi connectivity index (χ1n) is 4.62. The molecule has 0 aromatic heterocycles. The van der Waals surface area contributed by atoms with Gasteiger partial charge in [-0.1, -0.05) is 12.1 Å². The molecule has 0 fully saturated rings. The average Bonchev–Trinajstić information content (AvgIpc) is 2.19. The van der Waals surface area contributed by atoms with Crippen molar-refractivity contribution in [2.75, 3.05) is 5.88 Å².